The third-order valence-corrected chi connectivity index (χ3v) is 2.58. The first kappa shape index (κ1) is 14.1. The zero-order valence-electron chi connectivity index (χ0n) is 10.6. The first-order valence-electron chi connectivity index (χ1n) is 5.87. The van der Waals surface area contributed by atoms with Gasteiger partial charge in [-0.1, -0.05) is 6.92 Å². The summed E-state index contributed by atoms with van der Waals surface area (Å²) in [4.78, 5) is 21.9. The van der Waals surface area contributed by atoms with Crippen LogP contribution in [0.5, 0.6) is 5.75 Å². The van der Waals surface area contributed by atoms with Crippen LogP contribution in [0.1, 0.15) is 13.3 Å². The molecule has 0 N–H and O–H groups in total. The van der Waals surface area contributed by atoms with Crippen molar-refractivity contribution in [3.63, 3.8) is 0 Å². The standard InChI is InChI=1S/C12H11ClN4O3/c1-2-3-20-9-4-8(5-14-6-9)11-10(17(18)19)7-15-12(13)16-11/h4-7H,2-3H2,1H3. The fourth-order valence-corrected chi connectivity index (χ4v) is 1.68. The zero-order chi connectivity index (χ0) is 14.5. The Labute approximate surface area is 119 Å². The number of ether oxygens (including phenoxy) is 1. The van der Waals surface area contributed by atoms with Gasteiger partial charge in [0.1, 0.15) is 11.9 Å². The second-order valence-electron chi connectivity index (χ2n) is 3.89. The van der Waals surface area contributed by atoms with Gasteiger partial charge in [0.2, 0.25) is 5.28 Å². The fourth-order valence-electron chi connectivity index (χ4n) is 1.55. The molecule has 0 saturated heterocycles. The minimum absolute atomic E-state index is 0.0644. The van der Waals surface area contributed by atoms with E-state index in [2.05, 4.69) is 15.0 Å². The van der Waals surface area contributed by atoms with Crippen molar-refractivity contribution >= 4 is 17.3 Å². The molecule has 0 aliphatic heterocycles. The van der Waals surface area contributed by atoms with Crippen LogP contribution in [0.25, 0.3) is 11.3 Å². The summed E-state index contributed by atoms with van der Waals surface area (Å²) in [5.74, 6) is 0.522. The monoisotopic (exact) mass is 294 g/mol. The van der Waals surface area contributed by atoms with Gasteiger partial charge in [-0.2, -0.15) is 0 Å². The van der Waals surface area contributed by atoms with E-state index in [-0.39, 0.29) is 16.7 Å². The lowest BCUT2D eigenvalue weighted by atomic mass is 10.2. The predicted octanol–water partition coefficient (Wildman–Crippen LogP) is 2.89. The van der Waals surface area contributed by atoms with Crippen LogP contribution in [0, 0.1) is 10.1 Å². The molecule has 0 aliphatic rings. The maximum absolute atomic E-state index is 11.0. The van der Waals surface area contributed by atoms with E-state index in [1.54, 1.807) is 6.07 Å². The number of aromatic nitrogens is 3. The van der Waals surface area contributed by atoms with Crippen LogP contribution >= 0.6 is 11.6 Å². The Morgan fingerprint density at radius 3 is 2.90 bits per heavy atom. The highest BCUT2D eigenvalue weighted by atomic mass is 35.5. The smallest absolute Gasteiger partial charge is 0.313 e. The van der Waals surface area contributed by atoms with Gasteiger partial charge in [-0.15, -0.1) is 0 Å². The lowest BCUT2D eigenvalue weighted by Crippen LogP contribution is -1.99. The van der Waals surface area contributed by atoms with Crippen LogP contribution in [-0.4, -0.2) is 26.5 Å². The Hall–Kier alpha value is -2.28. The van der Waals surface area contributed by atoms with Crippen molar-refractivity contribution in [2.75, 3.05) is 6.61 Å². The van der Waals surface area contributed by atoms with Crippen molar-refractivity contribution in [1.82, 2.24) is 15.0 Å². The molecule has 0 atom stereocenters. The molecule has 0 bridgehead atoms. The first-order valence-corrected chi connectivity index (χ1v) is 6.24. The van der Waals surface area contributed by atoms with Crippen LogP contribution in [0.2, 0.25) is 5.28 Å². The molecule has 2 aromatic heterocycles. The number of nitro groups is 1. The highest BCUT2D eigenvalue weighted by molar-refractivity contribution is 6.28. The summed E-state index contributed by atoms with van der Waals surface area (Å²) in [6.07, 6.45) is 4.92. The molecule has 0 unspecified atom stereocenters. The molecule has 0 saturated carbocycles. The minimum Gasteiger partial charge on any atom is -0.492 e. The number of nitrogens with zero attached hydrogens (tertiary/aromatic N) is 4. The molecule has 104 valence electrons. The van der Waals surface area contributed by atoms with Gasteiger partial charge < -0.3 is 4.74 Å². The van der Waals surface area contributed by atoms with Crippen LogP contribution in [0.15, 0.2) is 24.7 Å². The summed E-state index contributed by atoms with van der Waals surface area (Å²) in [6.45, 7) is 2.52. The molecule has 8 heteroatoms. The van der Waals surface area contributed by atoms with E-state index < -0.39 is 4.92 Å². The van der Waals surface area contributed by atoms with Gasteiger partial charge in [-0.25, -0.2) is 9.97 Å². The summed E-state index contributed by atoms with van der Waals surface area (Å²) in [5.41, 5.74) is 0.336. The van der Waals surface area contributed by atoms with E-state index in [0.717, 1.165) is 12.6 Å². The van der Waals surface area contributed by atoms with Crippen LogP contribution in [-0.2, 0) is 0 Å². The van der Waals surface area contributed by atoms with Gasteiger partial charge in [0.05, 0.1) is 17.7 Å². The van der Waals surface area contributed by atoms with Crippen molar-refractivity contribution in [2.45, 2.75) is 13.3 Å². The Morgan fingerprint density at radius 2 is 2.20 bits per heavy atom. The second kappa shape index (κ2) is 6.25. The number of hydrogen-bond acceptors (Lipinski definition) is 6. The van der Waals surface area contributed by atoms with Gasteiger partial charge in [-0.05, 0) is 24.1 Å². The number of rotatable bonds is 5. The maximum atomic E-state index is 11.0. The van der Waals surface area contributed by atoms with Gasteiger partial charge >= 0.3 is 5.69 Å². The average Bonchev–Trinajstić information content (AvgIpc) is 2.45. The van der Waals surface area contributed by atoms with Crippen molar-refractivity contribution in [3.05, 3.63) is 40.1 Å². The maximum Gasteiger partial charge on any atom is 0.313 e. The van der Waals surface area contributed by atoms with Gasteiger partial charge in [0, 0.05) is 11.8 Å². The fraction of sp³-hybridized carbons (Fsp3) is 0.250. The summed E-state index contributed by atoms with van der Waals surface area (Å²) in [7, 11) is 0. The average molecular weight is 295 g/mol. The summed E-state index contributed by atoms with van der Waals surface area (Å²) >= 11 is 5.70. The number of halogens is 1. The summed E-state index contributed by atoms with van der Waals surface area (Å²) < 4.78 is 5.44. The molecular formula is C12H11ClN4O3. The van der Waals surface area contributed by atoms with E-state index in [1.165, 1.54) is 12.4 Å². The molecule has 0 aliphatic carbocycles. The van der Waals surface area contributed by atoms with E-state index >= 15 is 0 Å². The van der Waals surface area contributed by atoms with Crippen molar-refractivity contribution in [2.24, 2.45) is 0 Å². The van der Waals surface area contributed by atoms with E-state index in [1.807, 2.05) is 6.92 Å². The molecule has 2 rings (SSSR count). The van der Waals surface area contributed by atoms with Crippen molar-refractivity contribution < 1.29 is 9.66 Å². The number of pyridine rings is 1. The van der Waals surface area contributed by atoms with E-state index in [0.29, 0.717) is 17.9 Å². The molecule has 0 fully saturated rings. The zero-order valence-corrected chi connectivity index (χ0v) is 11.4. The Kier molecular flexibility index (Phi) is 4.41. The normalized spacial score (nSPS) is 10.3. The molecule has 0 spiro atoms. The SMILES string of the molecule is CCCOc1cncc(-c2nc(Cl)ncc2[N+](=O)[O-])c1. The Bertz CT molecular complexity index is 636. The highest BCUT2D eigenvalue weighted by Crippen LogP contribution is 2.29. The minimum atomic E-state index is -0.564. The molecule has 7 nitrogen and oxygen atoms in total. The topological polar surface area (TPSA) is 91.0 Å². The first-order chi connectivity index (χ1) is 9.61. The molecule has 2 heterocycles. The van der Waals surface area contributed by atoms with Crippen LogP contribution in [0.3, 0.4) is 0 Å². The largest absolute Gasteiger partial charge is 0.492 e. The van der Waals surface area contributed by atoms with E-state index in [9.17, 15) is 10.1 Å². The van der Waals surface area contributed by atoms with Gasteiger partial charge in [-0.3, -0.25) is 15.1 Å². The lowest BCUT2D eigenvalue weighted by molar-refractivity contribution is -0.384. The third kappa shape index (κ3) is 3.18. The molecular weight excluding hydrogens is 284 g/mol. The van der Waals surface area contributed by atoms with Crippen molar-refractivity contribution in [3.8, 4) is 17.0 Å². The Balaban J connectivity index is 2.45. The summed E-state index contributed by atoms with van der Waals surface area (Å²) in [5, 5.41) is 10.9. The van der Waals surface area contributed by atoms with Crippen LogP contribution in [0.4, 0.5) is 5.69 Å². The lowest BCUT2D eigenvalue weighted by Gasteiger charge is -2.06. The second-order valence-corrected chi connectivity index (χ2v) is 4.23. The predicted molar refractivity (Wildman–Crippen MR) is 72.7 cm³/mol. The third-order valence-electron chi connectivity index (χ3n) is 2.40. The van der Waals surface area contributed by atoms with Gasteiger partial charge in [0.15, 0.2) is 5.69 Å². The molecule has 2 aromatic rings. The van der Waals surface area contributed by atoms with Crippen LogP contribution < -0.4 is 4.74 Å². The molecule has 0 aromatic carbocycles. The van der Waals surface area contributed by atoms with Crippen molar-refractivity contribution in [1.29, 1.82) is 0 Å². The number of hydrogen-bond donors (Lipinski definition) is 0. The van der Waals surface area contributed by atoms with Gasteiger partial charge in [0.25, 0.3) is 0 Å². The highest BCUT2D eigenvalue weighted by Gasteiger charge is 2.19. The molecule has 20 heavy (non-hydrogen) atoms. The molecule has 0 amide bonds. The van der Waals surface area contributed by atoms with E-state index in [4.69, 9.17) is 16.3 Å². The summed E-state index contributed by atoms with van der Waals surface area (Å²) in [6, 6.07) is 1.63. The quantitative estimate of drug-likeness (QED) is 0.478. The Morgan fingerprint density at radius 1 is 1.40 bits per heavy atom. The molecule has 0 radical (unpaired) electrons.